The first-order valence-corrected chi connectivity index (χ1v) is 5.74. The van der Waals surface area contributed by atoms with Crippen molar-refractivity contribution in [2.75, 3.05) is 0 Å². The first-order chi connectivity index (χ1) is 8.27. The lowest BCUT2D eigenvalue weighted by Crippen LogP contribution is -2.26. The van der Waals surface area contributed by atoms with Crippen molar-refractivity contribution in [3.63, 3.8) is 0 Å². The van der Waals surface area contributed by atoms with E-state index in [1.165, 1.54) is 0 Å². The summed E-state index contributed by atoms with van der Waals surface area (Å²) in [4.78, 5) is 23.2. The van der Waals surface area contributed by atoms with E-state index < -0.39 is 0 Å². The number of esters is 2. The maximum absolute atomic E-state index is 11.7. The van der Waals surface area contributed by atoms with E-state index in [1.807, 2.05) is 42.5 Å². The van der Waals surface area contributed by atoms with Gasteiger partial charge in [-0.2, -0.15) is 0 Å². The van der Waals surface area contributed by atoms with E-state index in [2.05, 4.69) is 0 Å². The predicted molar refractivity (Wildman–Crippen MR) is 61.0 cm³/mol. The Balaban J connectivity index is 2.00. The van der Waals surface area contributed by atoms with Crippen LogP contribution in [0.15, 0.2) is 42.5 Å². The van der Waals surface area contributed by atoms with Gasteiger partial charge in [-0.05, 0) is 12.0 Å². The molecule has 1 aromatic carbocycles. The molecule has 0 saturated carbocycles. The average Bonchev–Trinajstić information content (AvgIpc) is 2.66. The molecule has 1 fully saturated rings. The summed E-state index contributed by atoms with van der Waals surface area (Å²) in [5.41, 5.74) is 1.06. The van der Waals surface area contributed by atoms with E-state index in [9.17, 15) is 9.59 Å². The summed E-state index contributed by atoms with van der Waals surface area (Å²) in [6, 6.07) is 9.77. The Morgan fingerprint density at radius 2 is 1.82 bits per heavy atom. The molecule has 86 valence electrons. The first-order valence-electron chi connectivity index (χ1n) is 5.74. The molecule has 1 aliphatic heterocycles. The van der Waals surface area contributed by atoms with Crippen molar-refractivity contribution in [1.82, 2.24) is 0 Å². The number of fused-ring (bicyclic) bond motifs is 1. The van der Waals surface area contributed by atoms with Crippen molar-refractivity contribution in [2.24, 2.45) is 11.8 Å². The minimum Gasteiger partial charge on any atom is -0.393 e. The Bertz CT molecular complexity index is 489. The molecule has 2 aliphatic rings. The van der Waals surface area contributed by atoms with Crippen LogP contribution in [0.2, 0.25) is 0 Å². The molecule has 0 radical (unpaired) electrons. The van der Waals surface area contributed by atoms with E-state index >= 15 is 0 Å². The number of hydrogen-bond acceptors (Lipinski definition) is 3. The summed E-state index contributed by atoms with van der Waals surface area (Å²) in [5, 5.41) is 0. The fourth-order valence-corrected chi connectivity index (χ4v) is 2.68. The second-order valence-electron chi connectivity index (χ2n) is 4.47. The topological polar surface area (TPSA) is 43.4 Å². The summed E-state index contributed by atoms with van der Waals surface area (Å²) < 4.78 is 4.74. The molecule has 1 aromatic rings. The largest absolute Gasteiger partial charge is 0.393 e. The maximum atomic E-state index is 11.7. The van der Waals surface area contributed by atoms with Gasteiger partial charge in [0, 0.05) is 5.92 Å². The van der Waals surface area contributed by atoms with Crippen LogP contribution in [0.3, 0.4) is 0 Å². The van der Waals surface area contributed by atoms with Gasteiger partial charge >= 0.3 is 11.9 Å². The summed E-state index contributed by atoms with van der Waals surface area (Å²) in [5.74, 6) is -1.41. The standard InChI is InChI=1S/C14H12O3/c15-13-11-8-4-7-10(12(11)14(16)17-13)9-5-2-1-3-6-9/h1-7,10-12H,8H2/t10-,11+,12-/m1/s1. The van der Waals surface area contributed by atoms with Crippen LogP contribution in [0.5, 0.6) is 0 Å². The summed E-state index contributed by atoms with van der Waals surface area (Å²) in [6.45, 7) is 0. The number of cyclic esters (lactones) is 2. The molecule has 0 unspecified atom stereocenters. The zero-order chi connectivity index (χ0) is 11.8. The monoisotopic (exact) mass is 228 g/mol. The second kappa shape index (κ2) is 3.84. The van der Waals surface area contributed by atoms with Gasteiger partial charge in [-0.25, -0.2) is 0 Å². The van der Waals surface area contributed by atoms with Crippen LogP contribution in [0.1, 0.15) is 17.9 Å². The van der Waals surface area contributed by atoms with Crippen LogP contribution < -0.4 is 0 Å². The molecule has 0 spiro atoms. The third-order valence-electron chi connectivity index (χ3n) is 3.51. The quantitative estimate of drug-likeness (QED) is 0.419. The Kier molecular flexibility index (Phi) is 2.32. The van der Waals surface area contributed by atoms with E-state index in [4.69, 9.17) is 4.74 Å². The third kappa shape index (κ3) is 1.58. The summed E-state index contributed by atoms with van der Waals surface area (Å²) in [7, 11) is 0. The van der Waals surface area contributed by atoms with Crippen molar-refractivity contribution in [2.45, 2.75) is 12.3 Å². The lowest BCUT2D eigenvalue weighted by Gasteiger charge is -2.24. The van der Waals surface area contributed by atoms with Gasteiger partial charge in [-0.15, -0.1) is 0 Å². The normalized spacial score (nSPS) is 31.2. The van der Waals surface area contributed by atoms with Crippen LogP contribution >= 0.6 is 0 Å². The zero-order valence-corrected chi connectivity index (χ0v) is 9.21. The van der Waals surface area contributed by atoms with E-state index in [-0.39, 0.29) is 29.7 Å². The predicted octanol–water partition coefficient (Wildman–Crippen LogP) is 2.05. The molecule has 3 atom stereocenters. The van der Waals surface area contributed by atoms with Gasteiger partial charge in [-0.1, -0.05) is 42.5 Å². The molecule has 0 N–H and O–H groups in total. The molecule has 1 saturated heterocycles. The number of carbonyl (C=O) groups excluding carboxylic acids is 2. The second-order valence-corrected chi connectivity index (χ2v) is 4.47. The molecular weight excluding hydrogens is 216 g/mol. The van der Waals surface area contributed by atoms with Crippen LogP contribution in [0.4, 0.5) is 0 Å². The highest BCUT2D eigenvalue weighted by atomic mass is 16.6. The summed E-state index contributed by atoms with van der Waals surface area (Å²) in [6.07, 6.45) is 4.59. The Morgan fingerprint density at radius 1 is 1.06 bits per heavy atom. The summed E-state index contributed by atoms with van der Waals surface area (Å²) >= 11 is 0. The number of allylic oxidation sites excluding steroid dienone is 2. The van der Waals surface area contributed by atoms with Crippen LogP contribution in [0.25, 0.3) is 0 Å². The molecule has 1 heterocycles. The average molecular weight is 228 g/mol. The number of carbonyl (C=O) groups is 2. The first kappa shape index (κ1) is 10.3. The number of benzene rings is 1. The van der Waals surface area contributed by atoms with Crippen molar-refractivity contribution < 1.29 is 14.3 Å². The Hall–Kier alpha value is -1.90. The van der Waals surface area contributed by atoms with Gasteiger partial charge in [0.25, 0.3) is 0 Å². The molecule has 17 heavy (non-hydrogen) atoms. The van der Waals surface area contributed by atoms with Gasteiger partial charge in [0.1, 0.15) is 0 Å². The van der Waals surface area contributed by atoms with Crippen molar-refractivity contribution in [3.8, 4) is 0 Å². The minimum absolute atomic E-state index is 0.0334. The van der Waals surface area contributed by atoms with Gasteiger partial charge in [0.05, 0.1) is 11.8 Å². The SMILES string of the molecule is O=C1OC(=O)[C@H]2CC=C[C@H](c3ccccc3)[C@@H]12. The number of rotatable bonds is 1. The lowest BCUT2D eigenvalue weighted by atomic mass is 9.74. The van der Waals surface area contributed by atoms with E-state index in [0.717, 1.165) is 5.56 Å². The molecule has 0 bridgehead atoms. The molecule has 3 nitrogen and oxygen atoms in total. The fraction of sp³-hybridized carbons (Fsp3) is 0.286. The maximum Gasteiger partial charge on any atom is 0.318 e. The molecule has 0 amide bonds. The highest BCUT2D eigenvalue weighted by Gasteiger charge is 2.48. The zero-order valence-electron chi connectivity index (χ0n) is 9.21. The van der Waals surface area contributed by atoms with Gasteiger partial charge in [0.2, 0.25) is 0 Å². The fourth-order valence-electron chi connectivity index (χ4n) is 2.68. The molecular formula is C14H12O3. The van der Waals surface area contributed by atoms with Crippen LogP contribution in [-0.2, 0) is 14.3 Å². The van der Waals surface area contributed by atoms with Crippen LogP contribution in [0, 0.1) is 11.8 Å². The van der Waals surface area contributed by atoms with Crippen molar-refractivity contribution in [1.29, 1.82) is 0 Å². The number of ether oxygens (including phenoxy) is 1. The van der Waals surface area contributed by atoms with Gasteiger partial charge in [-0.3, -0.25) is 9.59 Å². The minimum atomic E-state index is -0.377. The molecule has 3 heteroatoms. The lowest BCUT2D eigenvalue weighted by molar-refractivity contribution is -0.153. The molecule has 0 aromatic heterocycles. The van der Waals surface area contributed by atoms with Crippen LogP contribution in [-0.4, -0.2) is 11.9 Å². The van der Waals surface area contributed by atoms with Crippen molar-refractivity contribution >= 4 is 11.9 Å². The Morgan fingerprint density at radius 3 is 2.59 bits per heavy atom. The van der Waals surface area contributed by atoms with Gasteiger partial charge in [0.15, 0.2) is 0 Å². The smallest absolute Gasteiger partial charge is 0.318 e. The highest BCUT2D eigenvalue weighted by molar-refractivity contribution is 5.97. The number of hydrogen-bond donors (Lipinski definition) is 0. The van der Waals surface area contributed by atoms with E-state index in [0.29, 0.717) is 6.42 Å². The highest BCUT2D eigenvalue weighted by Crippen LogP contribution is 2.42. The molecule has 3 rings (SSSR count). The molecule has 1 aliphatic carbocycles. The third-order valence-corrected chi connectivity index (χ3v) is 3.51. The van der Waals surface area contributed by atoms with Gasteiger partial charge < -0.3 is 4.74 Å². The Labute approximate surface area is 99.1 Å². The van der Waals surface area contributed by atoms with Crippen molar-refractivity contribution in [3.05, 3.63) is 48.0 Å². The van der Waals surface area contributed by atoms with E-state index in [1.54, 1.807) is 0 Å².